The first-order valence-electron chi connectivity index (χ1n) is 19.7. The van der Waals surface area contributed by atoms with Crippen molar-refractivity contribution in [3.8, 4) is 39.1 Å². The van der Waals surface area contributed by atoms with E-state index in [1.807, 2.05) is 0 Å². The van der Waals surface area contributed by atoms with Crippen molar-refractivity contribution in [3.63, 3.8) is 0 Å². The predicted molar refractivity (Wildman–Crippen MR) is 239 cm³/mol. The summed E-state index contributed by atoms with van der Waals surface area (Å²) in [6, 6.07) is 70.2. The quantitative estimate of drug-likeness (QED) is 0.161. The van der Waals surface area contributed by atoms with Crippen molar-refractivity contribution in [2.45, 2.75) is 19.3 Å². The molecule has 0 aliphatic heterocycles. The van der Waals surface area contributed by atoms with E-state index in [2.05, 4.69) is 206 Å². The summed E-state index contributed by atoms with van der Waals surface area (Å²) >= 11 is 0. The van der Waals surface area contributed by atoms with Gasteiger partial charge < -0.3 is 4.57 Å². The molecule has 262 valence electrons. The molecule has 1 aliphatic carbocycles. The molecule has 11 aromatic rings. The number of rotatable bonds is 3. The molecule has 1 nitrogen and oxygen atoms in total. The average molecular weight is 712 g/mol. The van der Waals surface area contributed by atoms with Crippen molar-refractivity contribution in [3.05, 3.63) is 199 Å². The number of benzene rings is 10. The Labute approximate surface area is 325 Å². The minimum absolute atomic E-state index is 0.115. The van der Waals surface area contributed by atoms with Gasteiger partial charge in [0.25, 0.3) is 0 Å². The van der Waals surface area contributed by atoms with E-state index in [0.29, 0.717) is 0 Å². The van der Waals surface area contributed by atoms with Crippen molar-refractivity contribution in [1.82, 2.24) is 4.57 Å². The number of aromatic nitrogens is 1. The Kier molecular flexibility index (Phi) is 6.46. The fraction of sp³-hybridized carbons (Fsp3) is 0.0545. The summed E-state index contributed by atoms with van der Waals surface area (Å²) in [4.78, 5) is 0. The van der Waals surface area contributed by atoms with Gasteiger partial charge in [-0.05, 0) is 130 Å². The molecule has 0 bridgehead atoms. The molecule has 0 radical (unpaired) electrons. The van der Waals surface area contributed by atoms with E-state index in [0.717, 1.165) is 0 Å². The van der Waals surface area contributed by atoms with E-state index in [1.165, 1.54) is 115 Å². The van der Waals surface area contributed by atoms with Gasteiger partial charge in [0.15, 0.2) is 0 Å². The predicted octanol–water partition coefficient (Wildman–Crippen LogP) is 15.0. The topological polar surface area (TPSA) is 4.93 Å². The lowest BCUT2D eigenvalue weighted by molar-refractivity contribution is 0.661. The van der Waals surface area contributed by atoms with E-state index >= 15 is 0 Å². The van der Waals surface area contributed by atoms with Gasteiger partial charge in [-0.25, -0.2) is 0 Å². The minimum Gasteiger partial charge on any atom is -0.309 e. The van der Waals surface area contributed by atoms with E-state index < -0.39 is 0 Å². The number of nitrogens with zero attached hydrogens (tertiary/aromatic N) is 1. The summed E-state index contributed by atoms with van der Waals surface area (Å²) in [6.07, 6.45) is 0. The van der Waals surface area contributed by atoms with E-state index in [4.69, 9.17) is 0 Å². The smallest absolute Gasteiger partial charge is 0.0547 e. The summed E-state index contributed by atoms with van der Waals surface area (Å²) < 4.78 is 2.43. The SMILES string of the molecule is CC1(C)c2ccccc2-c2c1cc(-c1c3ccccc3c(-c3ccc4c(c3)c3cc5ccccc5cc3n4-c3ccccc3)c3ccccc13)c1ccccc21. The summed E-state index contributed by atoms with van der Waals surface area (Å²) in [7, 11) is 0. The van der Waals surface area contributed by atoms with Crippen LogP contribution in [0.4, 0.5) is 0 Å². The lowest BCUT2D eigenvalue weighted by Crippen LogP contribution is -2.15. The fourth-order valence-electron chi connectivity index (χ4n) is 10.2. The number of para-hydroxylation sites is 1. The van der Waals surface area contributed by atoms with Crippen LogP contribution in [0.1, 0.15) is 25.0 Å². The summed E-state index contributed by atoms with van der Waals surface area (Å²) in [6.45, 7) is 4.78. The van der Waals surface area contributed by atoms with Gasteiger partial charge in [0.2, 0.25) is 0 Å². The summed E-state index contributed by atoms with van der Waals surface area (Å²) in [5.41, 5.74) is 14.1. The Hall–Kier alpha value is -6.96. The maximum absolute atomic E-state index is 2.53. The largest absolute Gasteiger partial charge is 0.309 e. The Morgan fingerprint density at radius 2 is 0.875 bits per heavy atom. The summed E-state index contributed by atoms with van der Waals surface area (Å²) in [5.74, 6) is 0. The third-order valence-corrected chi connectivity index (χ3v) is 12.7. The first-order chi connectivity index (χ1) is 27.6. The molecular weight excluding hydrogens is 675 g/mol. The maximum atomic E-state index is 2.53. The van der Waals surface area contributed by atoms with Gasteiger partial charge >= 0.3 is 0 Å². The zero-order chi connectivity index (χ0) is 37.1. The maximum Gasteiger partial charge on any atom is 0.0547 e. The third-order valence-electron chi connectivity index (χ3n) is 12.7. The third kappa shape index (κ3) is 4.26. The summed E-state index contributed by atoms with van der Waals surface area (Å²) in [5, 5.41) is 12.7. The molecule has 0 atom stereocenters. The highest BCUT2D eigenvalue weighted by Gasteiger charge is 2.37. The van der Waals surface area contributed by atoms with Crippen LogP contribution in [-0.2, 0) is 5.41 Å². The number of hydrogen-bond acceptors (Lipinski definition) is 0. The highest BCUT2D eigenvalue weighted by atomic mass is 15.0. The molecule has 0 amide bonds. The van der Waals surface area contributed by atoms with E-state index in [9.17, 15) is 0 Å². The van der Waals surface area contributed by atoms with Gasteiger partial charge in [0, 0.05) is 21.9 Å². The van der Waals surface area contributed by atoms with Crippen LogP contribution in [0.3, 0.4) is 0 Å². The zero-order valence-corrected chi connectivity index (χ0v) is 31.3. The molecule has 0 saturated carbocycles. The Balaban J connectivity index is 1.17. The van der Waals surface area contributed by atoms with Crippen LogP contribution in [0.5, 0.6) is 0 Å². The van der Waals surface area contributed by atoms with Gasteiger partial charge in [-0.15, -0.1) is 0 Å². The van der Waals surface area contributed by atoms with Gasteiger partial charge in [-0.1, -0.05) is 159 Å². The molecule has 56 heavy (non-hydrogen) atoms. The molecule has 0 fully saturated rings. The monoisotopic (exact) mass is 711 g/mol. The molecule has 0 spiro atoms. The second-order valence-electron chi connectivity index (χ2n) is 16.0. The van der Waals surface area contributed by atoms with Gasteiger partial charge in [0.05, 0.1) is 11.0 Å². The van der Waals surface area contributed by atoms with E-state index in [-0.39, 0.29) is 5.41 Å². The Morgan fingerprint density at radius 3 is 1.57 bits per heavy atom. The Bertz CT molecular complexity index is 3380. The molecule has 0 unspecified atom stereocenters. The molecule has 1 heteroatoms. The average Bonchev–Trinajstić information content (AvgIpc) is 3.68. The first-order valence-corrected chi connectivity index (χ1v) is 19.7. The second kappa shape index (κ2) is 11.5. The first kappa shape index (κ1) is 31.4. The standard InChI is InChI=1S/C55H37N/c1-55(2)48-27-15-14-26-44(48)54-39-21-9-8-20-38(39)47(33-49(54)55)53-42-24-12-10-22-40(42)52(41-23-11-13-25-43(41)53)36-28-29-50-45(31-36)46-30-34-16-6-7-17-35(34)32-51(46)56(50)37-18-4-3-5-19-37/h3-33H,1-2H3. The molecule has 1 heterocycles. The van der Waals surface area contributed by atoms with Crippen molar-refractivity contribution in [2.24, 2.45) is 0 Å². The van der Waals surface area contributed by atoms with Crippen molar-refractivity contribution in [2.75, 3.05) is 0 Å². The van der Waals surface area contributed by atoms with Crippen LogP contribution in [0.25, 0.3) is 104 Å². The van der Waals surface area contributed by atoms with Crippen LogP contribution in [-0.4, -0.2) is 4.57 Å². The highest BCUT2D eigenvalue weighted by Crippen LogP contribution is 2.55. The van der Waals surface area contributed by atoms with Crippen LogP contribution in [0, 0.1) is 0 Å². The van der Waals surface area contributed by atoms with Crippen molar-refractivity contribution >= 4 is 64.9 Å². The fourth-order valence-corrected chi connectivity index (χ4v) is 10.2. The molecule has 1 aliphatic rings. The molecule has 0 N–H and O–H groups in total. The molecule has 1 aromatic heterocycles. The molecule has 10 aromatic carbocycles. The van der Waals surface area contributed by atoms with Gasteiger partial charge in [0.1, 0.15) is 0 Å². The Morgan fingerprint density at radius 1 is 0.339 bits per heavy atom. The van der Waals surface area contributed by atoms with Crippen molar-refractivity contribution in [1.29, 1.82) is 0 Å². The number of hydrogen-bond donors (Lipinski definition) is 0. The van der Waals surface area contributed by atoms with Gasteiger partial charge in [-0.3, -0.25) is 0 Å². The second-order valence-corrected chi connectivity index (χ2v) is 16.0. The van der Waals surface area contributed by atoms with Gasteiger partial charge in [-0.2, -0.15) is 0 Å². The molecular formula is C55H37N. The normalized spacial score (nSPS) is 13.3. The highest BCUT2D eigenvalue weighted by molar-refractivity contribution is 6.25. The van der Waals surface area contributed by atoms with Crippen LogP contribution in [0.2, 0.25) is 0 Å². The lowest BCUT2D eigenvalue weighted by Gasteiger charge is -2.24. The molecule has 12 rings (SSSR count). The minimum atomic E-state index is -0.115. The van der Waals surface area contributed by atoms with Crippen LogP contribution in [0.15, 0.2) is 188 Å². The van der Waals surface area contributed by atoms with Crippen LogP contribution < -0.4 is 0 Å². The lowest BCUT2D eigenvalue weighted by atomic mass is 9.79. The molecule has 0 saturated heterocycles. The number of fused-ring (bicyclic) bond motifs is 11. The zero-order valence-electron chi connectivity index (χ0n) is 31.3. The van der Waals surface area contributed by atoms with E-state index in [1.54, 1.807) is 0 Å². The van der Waals surface area contributed by atoms with Crippen molar-refractivity contribution < 1.29 is 0 Å². The van der Waals surface area contributed by atoms with Crippen LogP contribution >= 0.6 is 0 Å².